The molecule has 0 fully saturated rings. The zero-order valence-corrected chi connectivity index (χ0v) is 13.6. The van der Waals surface area contributed by atoms with Gasteiger partial charge in [0.2, 0.25) is 0 Å². The van der Waals surface area contributed by atoms with Crippen LogP contribution in [0.25, 0.3) is 10.9 Å². The molecular weight excluding hydrogens is 384 g/mol. The summed E-state index contributed by atoms with van der Waals surface area (Å²) in [5, 5.41) is 0.624. The Morgan fingerprint density at radius 2 is 1.70 bits per heavy atom. The zero-order valence-electron chi connectivity index (χ0n) is 10.4. The highest BCUT2D eigenvalue weighted by Crippen LogP contribution is 2.15. The van der Waals surface area contributed by atoms with Gasteiger partial charge in [-0.3, -0.25) is 9.36 Å². The summed E-state index contributed by atoms with van der Waals surface area (Å²) in [5.74, 6) is 0. The summed E-state index contributed by atoms with van der Waals surface area (Å²) in [7, 11) is 0. The van der Waals surface area contributed by atoms with E-state index in [1.165, 1.54) is 0 Å². The van der Waals surface area contributed by atoms with Gasteiger partial charge in [0, 0.05) is 8.95 Å². The molecule has 1 heterocycles. The first-order chi connectivity index (χ1) is 9.63. The van der Waals surface area contributed by atoms with Crippen LogP contribution in [0.3, 0.4) is 0 Å². The van der Waals surface area contributed by atoms with Crippen molar-refractivity contribution in [2.45, 2.75) is 6.54 Å². The van der Waals surface area contributed by atoms with Crippen LogP contribution in [-0.4, -0.2) is 9.55 Å². The molecular formula is C15H10Br2N2O. The van der Waals surface area contributed by atoms with E-state index in [1.54, 1.807) is 10.9 Å². The highest BCUT2D eigenvalue weighted by Gasteiger charge is 2.05. The van der Waals surface area contributed by atoms with E-state index in [9.17, 15) is 4.79 Å². The van der Waals surface area contributed by atoms with Crippen molar-refractivity contribution < 1.29 is 0 Å². The van der Waals surface area contributed by atoms with Gasteiger partial charge in [-0.15, -0.1) is 0 Å². The number of nitrogens with zero attached hydrogens (tertiary/aromatic N) is 2. The van der Waals surface area contributed by atoms with E-state index in [1.807, 2.05) is 42.5 Å². The number of hydrogen-bond acceptors (Lipinski definition) is 2. The predicted molar refractivity (Wildman–Crippen MR) is 86.9 cm³/mol. The minimum Gasteiger partial charge on any atom is -0.294 e. The first-order valence-electron chi connectivity index (χ1n) is 6.02. The number of aromatic nitrogens is 2. The molecule has 5 heteroatoms. The molecule has 3 rings (SSSR count). The van der Waals surface area contributed by atoms with E-state index in [2.05, 4.69) is 36.8 Å². The van der Waals surface area contributed by atoms with Crippen LogP contribution >= 0.6 is 31.9 Å². The standard InChI is InChI=1S/C15H10Br2N2O/c16-11-3-1-10(2-4-11)8-19-9-18-14-6-5-12(17)7-13(14)15(19)20/h1-7,9H,8H2. The first kappa shape index (κ1) is 13.5. The van der Waals surface area contributed by atoms with Crippen LogP contribution in [0.1, 0.15) is 5.56 Å². The average molecular weight is 394 g/mol. The summed E-state index contributed by atoms with van der Waals surface area (Å²) in [4.78, 5) is 16.8. The molecule has 3 nitrogen and oxygen atoms in total. The minimum atomic E-state index is -0.0285. The molecule has 100 valence electrons. The average Bonchev–Trinajstić information content (AvgIpc) is 2.45. The predicted octanol–water partition coefficient (Wildman–Crippen LogP) is 3.97. The third kappa shape index (κ3) is 2.69. The maximum absolute atomic E-state index is 12.4. The first-order valence-corrected chi connectivity index (χ1v) is 7.61. The Kier molecular flexibility index (Phi) is 3.72. The van der Waals surface area contributed by atoms with Crippen LogP contribution in [0, 0.1) is 0 Å². The second-order valence-corrected chi connectivity index (χ2v) is 6.30. The fourth-order valence-electron chi connectivity index (χ4n) is 2.03. The van der Waals surface area contributed by atoms with Crippen molar-refractivity contribution in [1.82, 2.24) is 9.55 Å². The van der Waals surface area contributed by atoms with Crippen molar-refractivity contribution in [3.05, 3.63) is 73.7 Å². The second-order valence-electron chi connectivity index (χ2n) is 4.47. The van der Waals surface area contributed by atoms with Crippen molar-refractivity contribution in [2.24, 2.45) is 0 Å². The van der Waals surface area contributed by atoms with Gasteiger partial charge < -0.3 is 0 Å². The Labute approximate surface area is 132 Å². The maximum Gasteiger partial charge on any atom is 0.261 e. The van der Waals surface area contributed by atoms with Crippen LogP contribution in [0.5, 0.6) is 0 Å². The second kappa shape index (κ2) is 5.50. The molecule has 0 N–H and O–H groups in total. The summed E-state index contributed by atoms with van der Waals surface area (Å²) in [6.45, 7) is 0.515. The molecule has 0 radical (unpaired) electrons. The van der Waals surface area contributed by atoms with Crippen LogP contribution in [0.2, 0.25) is 0 Å². The molecule has 0 unspecified atom stereocenters. The Morgan fingerprint density at radius 1 is 1.00 bits per heavy atom. The van der Waals surface area contributed by atoms with Gasteiger partial charge in [-0.1, -0.05) is 44.0 Å². The van der Waals surface area contributed by atoms with Crippen molar-refractivity contribution in [2.75, 3.05) is 0 Å². The molecule has 0 saturated carbocycles. The molecule has 1 aromatic heterocycles. The molecule has 0 aliphatic heterocycles. The van der Waals surface area contributed by atoms with Gasteiger partial charge in [0.1, 0.15) is 0 Å². The third-order valence-corrected chi connectivity index (χ3v) is 4.07. The van der Waals surface area contributed by atoms with Crippen LogP contribution in [-0.2, 0) is 6.54 Å². The van der Waals surface area contributed by atoms with Crippen LogP contribution in [0.4, 0.5) is 0 Å². The molecule has 0 saturated heterocycles. The van der Waals surface area contributed by atoms with Gasteiger partial charge in [0.25, 0.3) is 5.56 Å². The van der Waals surface area contributed by atoms with Gasteiger partial charge in [0.05, 0.1) is 23.8 Å². The Morgan fingerprint density at radius 3 is 2.45 bits per heavy atom. The lowest BCUT2D eigenvalue weighted by molar-refractivity contribution is 0.748. The summed E-state index contributed by atoms with van der Waals surface area (Å²) in [6.07, 6.45) is 1.60. The molecule has 20 heavy (non-hydrogen) atoms. The summed E-state index contributed by atoms with van der Waals surface area (Å²) >= 11 is 6.78. The van der Waals surface area contributed by atoms with E-state index in [-0.39, 0.29) is 5.56 Å². The highest BCUT2D eigenvalue weighted by atomic mass is 79.9. The topological polar surface area (TPSA) is 34.9 Å². The minimum absolute atomic E-state index is 0.0285. The number of hydrogen-bond donors (Lipinski definition) is 0. The number of rotatable bonds is 2. The van der Waals surface area contributed by atoms with E-state index in [0.29, 0.717) is 17.4 Å². The van der Waals surface area contributed by atoms with Gasteiger partial charge in [-0.05, 0) is 35.9 Å². The number of halogens is 2. The van der Waals surface area contributed by atoms with Crippen molar-refractivity contribution in [1.29, 1.82) is 0 Å². The monoisotopic (exact) mass is 392 g/mol. The molecule has 3 aromatic rings. The van der Waals surface area contributed by atoms with Crippen LogP contribution in [0.15, 0.2) is 62.5 Å². The summed E-state index contributed by atoms with van der Waals surface area (Å²) < 4.78 is 3.53. The van der Waals surface area contributed by atoms with E-state index >= 15 is 0 Å². The van der Waals surface area contributed by atoms with Crippen molar-refractivity contribution in [3.63, 3.8) is 0 Å². The van der Waals surface area contributed by atoms with Gasteiger partial charge in [0.15, 0.2) is 0 Å². The zero-order chi connectivity index (χ0) is 14.1. The maximum atomic E-state index is 12.4. The van der Waals surface area contributed by atoms with Gasteiger partial charge in [-0.2, -0.15) is 0 Å². The molecule has 0 bridgehead atoms. The van der Waals surface area contributed by atoms with E-state index in [0.717, 1.165) is 14.5 Å². The molecule has 0 spiro atoms. The van der Waals surface area contributed by atoms with E-state index in [4.69, 9.17) is 0 Å². The normalized spacial score (nSPS) is 10.9. The number of benzene rings is 2. The molecule has 0 aliphatic carbocycles. The molecule has 2 aromatic carbocycles. The molecule has 0 aliphatic rings. The third-order valence-electron chi connectivity index (χ3n) is 3.05. The quantitative estimate of drug-likeness (QED) is 0.660. The number of fused-ring (bicyclic) bond motifs is 1. The lowest BCUT2D eigenvalue weighted by Gasteiger charge is -2.07. The van der Waals surface area contributed by atoms with Crippen molar-refractivity contribution in [3.8, 4) is 0 Å². The SMILES string of the molecule is O=c1c2cc(Br)ccc2ncn1Cc1ccc(Br)cc1. The lowest BCUT2D eigenvalue weighted by Crippen LogP contribution is -2.21. The smallest absolute Gasteiger partial charge is 0.261 e. The van der Waals surface area contributed by atoms with Gasteiger partial charge >= 0.3 is 0 Å². The lowest BCUT2D eigenvalue weighted by atomic mass is 10.2. The Bertz CT molecular complexity index is 825. The van der Waals surface area contributed by atoms with E-state index < -0.39 is 0 Å². The van der Waals surface area contributed by atoms with Crippen molar-refractivity contribution >= 4 is 42.8 Å². The Balaban J connectivity index is 2.06. The largest absolute Gasteiger partial charge is 0.294 e. The van der Waals surface area contributed by atoms with Crippen LogP contribution < -0.4 is 5.56 Å². The van der Waals surface area contributed by atoms with Gasteiger partial charge in [-0.25, -0.2) is 4.98 Å². The fourth-order valence-corrected chi connectivity index (χ4v) is 2.66. The molecule has 0 amide bonds. The highest BCUT2D eigenvalue weighted by molar-refractivity contribution is 9.10. The summed E-state index contributed by atoms with van der Waals surface area (Å²) in [6, 6.07) is 13.4. The molecule has 0 atom stereocenters. The summed E-state index contributed by atoms with van der Waals surface area (Å²) in [5.41, 5.74) is 1.75. The Hall–Kier alpha value is -1.46. The fraction of sp³-hybridized carbons (Fsp3) is 0.0667.